The standard InChI is InChI=1S/C13H16N4O2/c1-13(2,8-14)16-12-9-5-3-4-6-10(9)15-7-11(12)17(18)19/h3-7H,8,14H2,1-2H3,(H,15,16). The molecule has 100 valence electrons. The number of nitrogens with one attached hydrogen (secondary N) is 1. The van der Waals surface area contributed by atoms with E-state index < -0.39 is 10.5 Å². The normalized spacial score (nSPS) is 11.5. The first-order valence-corrected chi connectivity index (χ1v) is 5.95. The first-order valence-electron chi connectivity index (χ1n) is 5.95. The summed E-state index contributed by atoms with van der Waals surface area (Å²) in [6, 6.07) is 7.30. The molecule has 6 heteroatoms. The predicted octanol–water partition coefficient (Wildman–Crippen LogP) is 2.29. The molecule has 0 aliphatic carbocycles. The zero-order valence-electron chi connectivity index (χ0n) is 10.9. The van der Waals surface area contributed by atoms with Crippen LogP contribution in [0.2, 0.25) is 0 Å². The van der Waals surface area contributed by atoms with Crippen LogP contribution in [0.1, 0.15) is 13.8 Å². The summed E-state index contributed by atoms with van der Waals surface area (Å²) >= 11 is 0. The molecule has 2 rings (SSSR count). The van der Waals surface area contributed by atoms with E-state index in [-0.39, 0.29) is 5.69 Å². The molecular weight excluding hydrogens is 244 g/mol. The third-order valence-corrected chi connectivity index (χ3v) is 2.93. The quantitative estimate of drug-likeness (QED) is 0.649. The second-order valence-corrected chi connectivity index (χ2v) is 5.01. The van der Waals surface area contributed by atoms with Gasteiger partial charge in [-0.2, -0.15) is 0 Å². The molecule has 0 atom stereocenters. The van der Waals surface area contributed by atoms with Crippen molar-refractivity contribution in [1.29, 1.82) is 0 Å². The van der Waals surface area contributed by atoms with Gasteiger partial charge < -0.3 is 11.1 Å². The summed E-state index contributed by atoms with van der Waals surface area (Å²) in [6.07, 6.45) is 1.28. The highest BCUT2D eigenvalue weighted by molar-refractivity contribution is 5.95. The maximum atomic E-state index is 11.1. The van der Waals surface area contributed by atoms with Crippen LogP contribution in [0.5, 0.6) is 0 Å². The Labute approximate surface area is 110 Å². The molecule has 0 unspecified atom stereocenters. The van der Waals surface area contributed by atoms with Gasteiger partial charge in [0.05, 0.1) is 10.4 Å². The summed E-state index contributed by atoms with van der Waals surface area (Å²) in [5.41, 5.74) is 6.37. The first-order chi connectivity index (χ1) is 8.94. The number of pyridine rings is 1. The monoisotopic (exact) mass is 260 g/mol. The third-order valence-electron chi connectivity index (χ3n) is 2.93. The van der Waals surface area contributed by atoms with Crippen LogP contribution in [0.4, 0.5) is 11.4 Å². The largest absolute Gasteiger partial charge is 0.373 e. The van der Waals surface area contributed by atoms with Crippen LogP contribution in [0.3, 0.4) is 0 Å². The highest BCUT2D eigenvalue weighted by Crippen LogP contribution is 2.33. The minimum Gasteiger partial charge on any atom is -0.373 e. The fourth-order valence-electron chi connectivity index (χ4n) is 1.79. The van der Waals surface area contributed by atoms with Crippen molar-refractivity contribution >= 4 is 22.3 Å². The molecule has 1 aromatic carbocycles. The summed E-state index contributed by atoms with van der Waals surface area (Å²) < 4.78 is 0. The van der Waals surface area contributed by atoms with Crippen LogP contribution in [-0.4, -0.2) is 22.0 Å². The van der Waals surface area contributed by atoms with Gasteiger partial charge in [0, 0.05) is 17.5 Å². The number of nitrogens with two attached hydrogens (primary N) is 1. The molecular formula is C13H16N4O2. The molecule has 0 bridgehead atoms. The van der Waals surface area contributed by atoms with E-state index in [4.69, 9.17) is 5.73 Å². The van der Waals surface area contributed by atoms with Gasteiger partial charge in [0.15, 0.2) is 0 Å². The molecule has 19 heavy (non-hydrogen) atoms. The highest BCUT2D eigenvalue weighted by Gasteiger charge is 2.23. The average Bonchev–Trinajstić information content (AvgIpc) is 2.38. The fraction of sp³-hybridized carbons (Fsp3) is 0.308. The Morgan fingerprint density at radius 3 is 2.74 bits per heavy atom. The lowest BCUT2D eigenvalue weighted by molar-refractivity contribution is -0.384. The Bertz CT molecular complexity index is 625. The zero-order chi connectivity index (χ0) is 14.0. The van der Waals surface area contributed by atoms with Crippen molar-refractivity contribution in [3.63, 3.8) is 0 Å². The average molecular weight is 260 g/mol. The number of hydrogen-bond acceptors (Lipinski definition) is 5. The summed E-state index contributed by atoms with van der Waals surface area (Å²) in [7, 11) is 0. The number of hydrogen-bond donors (Lipinski definition) is 2. The maximum absolute atomic E-state index is 11.1. The van der Waals surface area contributed by atoms with E-state index in [0.717, 1.165) is 5.39 Å². The van der Waals surface area contributed by atoms with Crippen LogP contribution < -0.4 is 11.1 Å². The van der Waals surface area contributed by atoms with Gasteiger partial charge in [-0.25, -0.2) is 4.98 Å². The number of aromatic nitrogens is 1. The van der Waals surface area contributed by atoms with E-state index in [1.165, 1.54) is 6.20 Å². The van der Waals surface area contributed by atoms with E-state index >= 15 is 0 Å². The molecule has 6 nitrogen and oxygen atoms in total. The van der Waals surface area contributed by atoms with Crippen LogP contribution in [0.15, 0.2) is 30.5 Å². The van der Waals surface area contributed by atoms with Crippen LogP contribution >= 0.6 is 0 Å². The van der Waals surface area contributed by atoms with Crippen molar-refractivity contribution in [3.05, 3.63) is 40.6 Å². The Balaban J connectivity index is 2.66. The van der Waals surface area contributed by atoms with Crippen LogP contribution in [-0.2, 0) is 0 Å². The SMILES string of the molecule is CC(C)(CN)Nc1c([N+](=O)[O-])cnc2ccccc12. The van der Waals surface area contributed by atoms with Gasteiger partial charge in [-0.3, -0.25) is 10.1 Å². The van der Waals surface area contributed by atoms with Gasteiger partial charge in [-0.15, -0.1) is 0 Å². The van der Waals surface area contributed by atoms with Gasteiger partial charge in [0.1, 0.15) is 11.9 Å². The molecule has 1 aromatic heterocycles. The van der Waals surface area contributed by atoms with Gasteiger partial charge in [0.2, 0.25) is 0 Å². The van der Waals surface area contributed by atoms with E-state index in [0.29, 0.717) is 17.7 Å². The third kappa shape index (κ3) is 2.63. The number of rotatable bonds is 4. The van der Waals surface area contributed by atoms with Gasteiger partial charge in [-0.05, 0) is 19.9 Å². The zero-order valence-corrected chi connectivity index (χ0v) is 10.9. The second kappa shape index (κ2) is 4.81. The van der Waals surface area contributed by atoms with Gasteiger partial charge in [-0.1, -0.05) is 18.2 Å². The molecule has 0 radical (unpaired) electrons. The summed E-state index contributed by atoms with van der Waals surface area (Å²) in [5, 5.41) is 15.0. The molecule has 2 aromatic rings. The van der Waals surface area contributed by atoms with Crippen molar-refractivity contribution in [2.75, 3.05) is 11.9 Å². The molecule has 0 spiro atoms. The van der Waals surface area contributed by atoms with Crippen molar-refractivity contribution in [3.8, 4) is 0 Å². The van der Waals surface area contributed by atoms with Crippen molar-refractivity contribution in [1.82, 2.24) is 4.98 Å². The Kier molecular flexibility index (Phi) is 3.35. The molecule has 0 aliphatic rings. The number of anilines is 1. The second-order valence-electron chi connectivity index (χ2n) is 5.01. The van der Waals surface area contributed by atoms with Crippen molar-refractivity contribution in [2.24, 2.45) is 5.73 Å². The molecule has 0 saturated carbocycles. The molecule has 0 fully saturated rings. The Morgan fingerprint density at radius 1 is 1.42 bits per heavy atom. The van der Waals surface area contributed by atoms with E-state index in [9.17, 15) is 10.1 Å². The number of para-hydroxylation sites is 1. The molecule has 1 heterocycles. The highest BCUT2D eigenvalue weighted by atomic mass is 16.6. The lowest BCUT2D eigenvalue weighted by Gasteiger charge is -2.26. The van der Waals surface area contributed by atoms with E-state index in [1.54, 1.807) is 0 Å². The molecule has 0 saturated heterocycles. The van der Waals surface area contributed by atoms with Gasteiger partial charge >= 0.3 is 5.69 Å². The number of nitrogens with zero attached hydrogens (tertiary/aromatic N) is 2. The Morgan fingerprint density at radius 2 is 2.11 bits per heavy atom. The minimum atomic E-state index is -0.436. The summed E-state index contributed by atoms with van der Waals surface area (Å²) in [4.78, 5) is 14.8. The fourth-order valence-corrected chi connectivity index (χ4v) is 1.79. The smallest absolute Gasteiger partial charge is 0.311 e. The topological polar surface area (TPSA) is 94.1 Å². The Hall–Kier alpha value is -2.21. The summed E-state index contributed by atoms with van der Waals surface area (Å²) in [6.45, 7) is 4.15. The molecule has 3 N–H and O–H groups in total. The lowest BCUT2D eigenvalue weighted by Crippen LogP contribution is -2.39. The minimum absolute atomic E-state index is 0.0415. The van der Waals surface area contributed by atoms with E-state index in [1.807, 2.05) is 38.1 Å². The van der Waals surface area contributed by atoms with Crippen LogP contribution in [0, 0.1) is 10.1 Å². The van der Waals surface area contributed by atoms with Gasteiger partial charge in [0.25, 0.3) is 0 Å². The lowest BCUT2D eigenvalue weighted by atomic mass is 10.0. The van der Waals surface area contributed by atoms with E-state index in [2.05, 4.69) is 10.3 Å². The molecule has 0 aliphatic heterocycles. The molecule has 0 amide bonds. The van der Waals surface area contributed by atoms with Crippen molar-refractivity contribution < 1.29 is 4.92 Å². The number of fused-ring (bicyclic) bond motifs is 1. The predicted molar refractivity (Wildman–Crippen MR) is 75.2 cm³/mol. The number of nitro groups is 1. The number of benzene rings is 1. The van der Waals surface area contributed by atoms with Crippen LogP contribution in [0.25, 0.3) is 10.9 Å². The van der Waals surface area contributed by atoms with Crippen molar-refractivity contribution in [2.45, 2.75) is 19.4 Å². The first kappa shape index (κ1) is 13.2. The summed E-state index contributed by atoms with van der Waals surface area (Å²) in [5.74, 6) is 0. The maximum Gasteiger partial charge on any atom is 0.311 e.